The van der Waals surface area contributed by atoms with Crippen LogP contribution in [0.3, 0.4) is 0 Å². The van der Waals surface area contributed by atoms with Crippen molar-refractivity contribution in [2.75, 3.05) is 0 Å². The van der Waals surface area contributed by atoms with Gasteiger partial charge in [0.2, 0.25) is 0 Å². The molecule has 1 aliphatic rings. The Morgan fingerprint density at radius 3 is 3.20 bits per heavy atom. The number of nitrogens with zero attached hydrogens (tertiary/aromatic N) is 4. The molecule has 1 unspecified atom stereocenters. The minimum Gasteiger partial charge on any atom is -0.193 e. The van der Waals surface area contributed by atoms with Crippen molar-refractivity contribution in [3.05, 3.63) is 22.1 Å². The lowest BCUT2D eigenvalue weighted by atomic mass is 10.2. The van der Waals surface area contributed by atoms with E-state index in [-0.39, 0.29) is 6.04 Å². The highest BCUT2D eigenvalue weighted by Crippen LogP contribution is 2.19. The quantitative estimate of drug-likeness (QED) is 0.306. The van der Waals surface area contributed by atoms with E-state index in [1.165, 1.54) is 0 Å². The highest BCUT2D eigenvalue weighted by Gasteiger charge is 2.12. The average Bonchev–Trinajstić information content (AvgIpc) is 2.37. The molecule has 1 atom stereocenters. The fraction of sp³-hybridized carbons (Fsp3) is 0.500. The molecule has 0 aromatic heterocycles. The maximum Gasteiger partial charge on any atom is 0.0943 e. The van der Waals surface area contributed by atoms with E-state index in [1.807, 2.05) is 6.07 Å². The van der Waals surface area contributed by atoms with Crippen molar-refractivity contribution >= 4 is 0 Å². The third kappa shape index (κ3) is 1.28. The van der Waals surface area contributed by atoms with E-state index in [2.05, 4.69) is 10.0 Å². The van der Waals surface area contributed by atoms with Gasteiger partial charge in [-0.3, -0.25) is 0 Å². The van der Waals surface area contributed by atoms with E-state index >= 15 is 0 Å². The van der Waals surface area contributed by atoms with Crippen molar-refractivity contribution < 1.29 is 0 Å². The highest BCUT2D eigenvalue weighted by atomic mass is 15.1. The first kappa shape index (κ1) is 6.66. The van der Waals surface area contributed by atoms with Crippen molar-refractivity contribution in [3.8, 4) is 6.07 Å². The molecule has 0 saturated carbocycles. The molecule has 0 radical (unpaired) electrons. The largest absolute Gasteiger partial charge is 0.193 e. The molecule has 0 bridgehead atoms. The van der Waals surface area contributed by atoms with Gasteiger partial charge in [0.15, 0.2) is 0 Å². The van der Waals surface area contributed by atoms with Gasteiger partial charge >= 0.3 is 0 Å². The first-order chi connectivity index (χ1) is 4.86. The predicted molar refractivity (Wildman–Crippen MR) is 35.9 cm³/mol. The Labute approximate surface area is 58.4 Å². The van der Waals surface area contributed by atoms with Crippen molar-refractivity contribution in [3.63, 3.8) is 0 Å². The summed E-state index contributed by atoms with van der Waals surface area (Å²) in [6, 6.07) is 1.95. The van der Waals surface area contributed by atoms with Crippen molar-refractivity contribution in [1.82, 2.24) is 0 Å². The Hall–Kier alpha value is -1.46. The molecule has 0 spiro atoms. The number of rotatable bonds is 1. The van der Waals surface area contributed by atoms with E-state index in [9.17, 15) is 0 Å². The third-order valence-electron chi connectivity index (χ3n) is 1.45. The Morgan fingerprint density at radius 1 is 1.90 bits per heavy atom. The van der Waals surface area contributed by atoms with E-state index in [0.717, 1.165) is 18.4 Å². The molecule has 0 fully saturated rings. The zero-order valence-corrected chi connectivity index (χ0v) is 5.36. The molecule has 0 aliphatic heterocycles. The van der Waals surface area contributed by atoms with Gasteiger partial charge in [-0.1, -0.05) is 11.2 Å². The Kier molecular flexibility index (Phi) is 1.93. The SMILES string of the molecule is N#CC1=CC(N=[N+]=[N-])CC1. The van der Waals surface area contributed by atoms with Crippen LogP contribution in [0.25, 0.3) is 10.4 Å². The lowest BCUT2D eigenvalue weighted by Gasteiger charge is -1.90. The van der Waals surface area contributed by atoms with Crippen LogP contribution < -0.4 is 0 Å². The number of hydrogen-bond donors (Lipinski definition) is 0. The molecule has 4 nitrogen and oxygen atoms in total. The highest BCUT2D eigenvalue weighted by molar-refractivity contribution is 5.27. The summed E-state index contributed by atoms with van der Waals surface area (Å²) in [5.41, 5.74) is 8.77. The lowest BCUT2D eigenvalue weighted by Crippen LogP contribution is -1.89. The molecule has 0 N–H and O–H groups in total. The average molecular weight is 134 g/mol. The molecular formula is C6H6N4. The molecule has 1 rings (SSSR count). The molecule has 1 aliphatic carbocycles. The monoisotopic (exact) mass is 134 g/mol. The van der Waals surface area contributed by atoms with Gasteiger partial charge < -0.3 is 0 Å². The van der Waals surface area contributed by atoms with Crippen LogP contribution >= 0.6 is 0 Å². The van der Waals surface area contributed by atoms with Crippen LogP contribution in [-0.2, 0) is 0 Å². The Balaban J connectivity index is 2.65. The summed E-state index contributed by atoms with van der Waals surface area (Å²) in [4.78, 5) is 2.66. The lowest BCUT2D eigenvalue weighted by molar-refractivity contribution is 0.770. The summed E-state index contributed by atoms with van der Waals surface area (Å²) < 4.78 is 0. The number of nitriles is 1. The van der Waals surface area contributed by atoms with Crippen LogP contribution in [0.15, 0.2) is 16.8 Å². The molecule has 0 saturated heterocycles. The second kappa shape index (κ2) is 2.90. The molecule has 0 aromatic carbocycles. The van der Waals surface area contributed by atoms with Crippen LogP contribution in [0.2, 0.25) is 0 Å². The summed E-state index contributed by atoms with van der Waals surface area (Å²) in [7, 11) is 0. The predicted octanol–water partition coefficient (Wildman–Crippen LogP) is 1.91. The Bertz CT molecular complexity index is 241. The summed E-state index contributed by atoms with van der Waals surface area (Å²) in [6.07, 6.45) is 3.26. The van der Waals surface area contributed by atoms with Crippen LogP contribution in [-0.4, -0.2) is 6.04 Å². The van der Waals surface area contributed by atoms with Gasteiger partial charge in [0.1, 0.15) is 0 Å². The van der Waals surface area contributed by atoms with Gasteiger partial charge in [-0.2, -0.15) is 5.26 Å². The molecular weight excluding hydrogens is 128 g/mol. The zero-order chi connectivity index (χ0) is 7.40. The first-order valence-electron chi connectivity index (χ1n) is 3.02. The minimum absolute atomic E-state index is 0.0837. The standard InChI is InChI=1S/C6H6N4/c7-4-5-1-2-6(3-5)9-10-8/h3,6H,1-2H2. The van der Waals surface area contributed by atoms with Crippen LogP contribution in [0, 0.1) is 11.3 Å². The van der Waals surface area contributed by atoms with Gasteiger partial charge in [-0.15, -0.1) is 0 Å². The van der Waals surface area contributed by atoms with Crippen LogP contribution in [0.4, 0.5) is 0 Å². The maximum absolute atomic E-state index is 8.40. The second-order valence-electron chi connectivity index (χ2n) is 2.11. The smallest absolute Gasteiger partial charge is 0.0943 e. The van der Waals surface area contributed by atoms with Gasteiger partial charge in [0.25, 0.3) is 0 Å². The van der Waals surface area contributed by atoms with Crippen molar-refractivity contribution in [2.24, 2.45) is 5.11 Å². The van der Waals surface area contributed by atoms with E-state index in [1.54, 1.807) is 6.08 Å². The molecule has 0 heterocycles. The molecule has 0 aromatic rings. The third-order valence-corrected chi connectivity index (χ3v) is 1.45. The van der Waals surface area contributed by atoms with Crippen molar-refractivity contribution in [2.45, 2.75) is 18.9 Å². The zero-order valence-electron chi connectivity index (χ0n) is 5.36. The van der Waals surface area contributed by atoms with Crippen molar-refractivity contribution in [1.29, 1.82) is 5.26 Å². The summed E-state index contributed by atoms with van der Waals surface area (Å²) in [6.45, 7) is 0. The molecule has 0 amide bonds. The number of hydrogen-bond acceptors (Lipinski definition) is 2. The fourth-order valence-electron chi connectivity index (χ4n) is 0.953. The van der Waals surface area contributed by atoms with Gasteiger partial charge in [-0.05, 0) is 18.4 Å². The van der Waals surface area contributed by atoms with Gasteiger partial charge in [0.05, 0.1) is 12.1 Å². The molecule has 50 valence electrons. The molecule has 10 heavy (non-hydrogen) atoms. The first-order valence-corrected chi connectivity index (χ1v) is 3.02. The Morgan fingerprint density at radius 2 is 2.70 bits per heavy atom. The van der Waals surface area contributed by atoms with Crippen LogP contribution in [0.1, 0.15) is 12.8 Å². The van der Waals surface area contributed by atoms with Gasteiger partial charge in [-0.25, -0.2) is 0 Å². The normalized spacial score (nSPS) is 22.7. The number of azide groups is 1. The molecule has 4 heteroatoms. The topological polar surface area (TPSA) is 72.5 Å². The van der Waals surface area contributed by atoms with E-state index in [4.69, 9.17) is 10.8 Å². The number of allylic oxidation sites excluding steroid dienone is 1. The summed E-state index contributed by atoms with van der Waals surface area (Å²) in [5, 5.41) is 11.9. The second-order valence-corrected chi connectivity index (χ2v) is 2.11. The minimum atomic E-state index is -0.0837. The van der Waals surface area contributed by atoms with E-state index < -0.39 is 0 Å². The van der Waals surface area contributed by atoms with Gasteiger partial charge in [0, 0.05) is 10.5 Å². The maximum atomic E-state index is 8.40. The fourth-order valence-corrected chi connectivity index (χ4v) is 0.953. The van der Waals surface area contributed by atoms with E-state index in [0.29, 0.717) is 0 Å². The van der Waals surface area contributed by atoms with Crippen LogP contribution in [0.5, 0.6) is 0 Å². The summed E-state index contributed by atoms with van der Waals surface area (Å²) >= 11 is 0. The summed E-state index contributed by atoms with van der Waals surface area (Å²) in [5.74, 6) is 0.